The van der Waals surface area contributed by atoms with E-state index in [9.17, 15) is 24.3 Å². The van der Waals surface area contributed by atoms with Crippen molar-refractivity contribution in [3.63, 3.8) is 0 Å². The minimum absolute atomic E-state index is 0.0682. The van der Waals surface area contributed by atoms with Crippen molar-refractivity contribution in [2.24, 2.45) is 39.4 Å². The third-order valence-corrected chi connectivity index (χ3v) is 13.3. The van der Waals surface area contributed by atoms with Gasteiger partial charge in [-0.3, -0.25) is 14.4 Å². The van der Waals surface area contributed by atoms with Gasteiger partial charge in [0.1, 0.15) is 24.4 Å². The first-order chi connectivity index (χ1) is 22.3. The lowest BCUT2D eigenvalue weighted by Crippen LogP contribution is -2.72. The number of rotatable bonds is 8. The Morgan fingerprint density at radius 2 is 1.40 bits per heavy atom. The maximum absolute atomic E-state index is 13.8. The van der Waals surface area contributed by atoms with Crippen LogP contribution in [0.5, 0.6) is 0 Å². The maximum atomic E-state index is 13.8. The van der Waals surface area contributed by atoms with E-state index in [-0.39, 0.29) is 23.7 Å². The van der Waals surface area contributed by atoms with Crippen molar-refractivity contribution in [1.29, 1.82) is 0 Å². The molecule has 1 heterocycles. The van der Waals surface area contributed by atoms with E-state index in [0.29, 0.717) is 32.1 Å². The molecule has 1 aromatic heterocycles. The van der Waals surface area contributed by atoms with Crippen LogP contribution >= 0.6 is 0 Å². The highest BCUT2D eigenvalue weighted by Gasteiger charge is 2.74. The lowest BCUT2D eigenvalue weighted by atomic mass is 9.36. The predicted molar refractivity (Wildman–Crippen MR) is 175 cm³/mol. The number of esters is 4. The number of aliphatic hydroxyl groups is 1. The van der Waals surface area contributed by atoms with Gasteiger partial charge in [0.25, 0.3) is 0 Å². The van der Waals surface area contributed by atoms with Crippen LogP contribution in [0.25, 0.3) is 0 Å². The first kappa shape index (κ1) is 36.1. The molecule has 3 saturated carbocycles. The van der Waals surface area contributed by atoms with Crippen molar-refractivity contribution < 1.29 is 47.6 Å². The standard InChI is InChI=1S/C38H54O10/c1-11-20(2)33(42)34(43)48-31-16-27-35(6,7)29(45-21(3)39)18-32(47-23(5)41)38(27,10)28-17-30(46-22(4)40)36(8)25(24-14-15-44-19-24)12-13-26(36)37(28,31)9/h13-15,19-20,25,27-33,42H,11-12,16-18H2,1-10H3/t20-,25-,27+,28-,29-,30-,31?,32+,33+,36+,37+,38+/m1/s1. The van der Waals surface area contributed by atoms with Crippen LogP contribution in [-0.2, 0) is 38.1 Å². The molecular formula is C38H54O10. The van der Waals surface area contributed by atoms with E-state index in [0.717, 1.165) is 11.1 Å². The summed E-state index contributed by atoms with van der Waals surface area (Å²) in [6.45, 7) is 18.4. The van der Waals surface area contributed by atoms with E-state index in [1.54, 1.807) is 12.5 Å². The molecule has 10 nitrogen and oxygen atoms in total. The Hall–Kier alpha value is -3.14. The number of allylic oxidation sites excluding steroid dienone is 1. The van der Waals surface area contributed by atoms with Crippen molar-refractivity contribution in [1.82, 2.24) is 0 Å². The number of aliphatic hydroxyl groups excluding tert-OH is 1. The summed E-state index contributed by atoms with van der Waals surface area (Å²) in [6.07, 6.45) is 4.21. The van der Waals surface area contributed by atoms with Crippen molar-refractivity contribution in [2.75, 3.05) is 0 Å². The van der Waals surface area contributed by atoms with Gasteiger partial charge in [-0.2, -0.15) is 0 Å². The van der Waals surface area contributed by atoms with Crippen LogP contribution in [0, 0.1) is 39.4 Å². The van der Waals surface area contributed by atoms with E-state index in [1.807, 2.05) is 19.9 Å². The molecule has 12 atom stereocenters. The number of furan rings is 1. The van der Waals surface area contributed by atoms with Gasteiger partial charge in [-0.05, 0) is 48.6 Å². The summed E-state index contributed by atoms with van der Waals surface area (Å²) in [5.74, 6) is -2.88. The third kappa shape index (κ3) is 5.50. The molecular weight excluding hydrogens is 616 g/mol. The quantitative estimate of drug-likeness (QED) is 0.191. The molecule has 0 spiro atoms. The van der Waals surface area contributed by atoms with Crippen molar-refractivity contribution >= 4 is 23.9 Å². The third-order valence-electron chi connectivity index (χ3n) is 13.3. The van der Waals surface area contributed by atoms with Crippen LogP contribution in [0.2, 0.25) is 0 Å². The van der Waals surface area contributed by atoms with Crippen molar-refractivity contribution in [2.45, 2.75) is 138 Å². The Bertz CT molecular complexity index is 1440. The summed E-state index contributed by atoms with van der Waals surface area (Å²) >= 11 is 0. The second kappa shape index (κ2) is 12.6. The monoisotopic (exact) mass is 670 g/mol. The summed E-state index contributed by atoms with van der Waals surface area (Å²) in [5.41, 5.74) is -0.800. The van der Waals surface area contributed by atoms with Gasteiger partial charge in [0, 0.05) is 54.8 Å². The fourth-order valence-electron chi connectivity index (χ4n) is 10.7. The van der Waals surface area contributed by atoms with Gasteiger partial charge in [-0.1, -0.05) is 66.5 Å². The van der Waals surface area contributed by atoms with Gasteiger partial charge < -0.3 is 28.5 Å². The van der Waals surface area contributed by atoms with Crippen molar-refractivity contribution in [3.05, 3.63) is 35.8 Å². The SMILES string of the molecule is CC[C@@H](C)[C@H](O)C(=O)OC1C[C@H]2C(C)(C)[C@H](OC(C)=O)C[C@H](OC(C)=O)[C@]2(C)[C@@H]2C[C@@H](OC(C)=O)[C@]3(C)C(=CC[C@@H]3c3ccoc3)[C@]12C. The second-order valence-electron chi connectivity index (χ2n) is 16.1. The first-order valence-electron chi connectivity index (χ1n) is 17.5. The van der Waals surface area contributed by atoms with Gasteiger partial charge in [-0.25, -0.2) is 4.79 Å². The summed E-state index contributed by atoms with van der Waals surface area (Å²) in [7, 11) is 0. The normalized spacial score (nSPS) is 39.4. The second-order valence-corrected chi connectivity index (χ2v) is 16.1. The number of carbonyl (C=O) groups excluding carboxylic acids is 4. The molecule has 266 valence electrons. The molecule has 10 heteroatoms. The molecule has 0 radical (unpaired) electrons. The molecule has 1 unspecified atom stereocenters. The number of hydrogen-bond acceptors (Lipinski definition) is 10. The fraction of sp³-hybridized carbons (Fsp3) is 0.737. The average molecular weight is 671 g/mol. The Kier molecular flexibility index (Phi) is 9.51. The summed E-state index contributed by atoms with van der Waals surface area (Å²) < 4.78 is 30.4. The molecule has 4 aliphatic carbocycles. The van der Waals surface area contributed by atoms with Crippen LogP contribution in [-0.4, -0.2) is 59.5 Å². The molecule has 3 fully saturated rings. The lowest BCUT2D eigenvalue weighted by Gasteiger charge is -2.70. The zero-order chi connectivity index (χ0) is 35.6. The molecule has 4 aliphatic rings. The van der Waals surface area contributed by atoms with Crippen LogP contribution in [0.1, 0.15) is 113 Å². The van der Waals surface area contributed by atoms with E-state index >= 15 is 0 Å². The van der Waals surface area contributed by atoms with Gasteiger partial charge in [-0.15, -0.1) is 0 Å². The largest absolute Gasteiger partial charge is 0.472 e. The molecule has 1 N–H and O–H groups in total. The molecule has 5 rings (SSSR count). The van der Waals surface area contributed by atoms with Gasteiger partial charge in [0.2, 0.25) is 0 Å². The molecule has 0 aromatic carbocycles. The fourth-order valence-corrected chi connectivity index (χ4v) is 10.7. The predicted octanol–water partition coefficient (Wildman–Crippen LogP) is 6.30. The number of hydrogen-bond donors (Lipinski definition) is 1. The molecule has 48 heavy (non-hydrogen) atoms. The van der Waals surface area contributed by atoms with Crippen LogP contribution in [0.15, 0.2) is 34.7 Å². The Labute approximate surface area is 284 Å². The molecule has 0 bridgehead atoms. The number of carbonyl (C=O) groups is 4. The Balaban J connectivity index is 1.73. The summed E-state index contributed by atoms with van der Waals surface area (Å²) in [6, 6.07) is 1.94. The lowest BCUT2D eigenvalue weighted by molar-refractivity contribution is -0.270. The van der Waals surface area contributed by atoms with E-state index in [4.69, 9.17) is 23.4 Å². The zero-order valence-corrected chi connectivity index (χ0v) is 30.2. The van der Waals surface area contributed by atoms with Gasteiger partial charge in [0.15, 0.2) is 6.10 Å². The zero-order valence-electron chi connectivity index (χ0n) is 30.2. The Morgan fingerprint density at radius 1 is 0.833 bits per heavy atom. The average Bonchev–Trinajstić information content (AvgIpc) is 3.65. The van der Waals surface area contributed by atoms with Gasteiger partial charge >= 0.3 is 23.9 Å². The topological polar surface area (TPSA) is 139 Å². The maximum Gasteiger partial charge on any atom is 0.335 e. The molecule has 0 aliphatic heterocycles. The van der Waals surface area contributed by atoms with Crippen LogP contribution in [0.4, 0.5) is 0 Å². The molecule has 0 amide bonds. The van der Waals surface area contributed by atoms with E-state index in [2.05, 4.69) is 40.7 Å². The smallest absolute Gasteiger partial charge is 0.335 e. The number of fused-ring (bicyclic) bond motifs is 5. The van der Waals surface area contributed by atoms with Crippen LogP contribution in [0.3, 0.4) is 0 Å². The summed E-state index contributed by atoms with van der Waals surface area (Å²) in [5, 5.41) is 11.0. The highest BCUT2D eigenvalue weighted by Crippen LogP contribution is 2.74. The van der Waals surface area contributed by atoms with Crippen molar-refractivity contribution in [3.8, 4) is 0 Å². The first-order valence-corrected chi connectivity index (χ1v) is 17.5. The highest BCUT2D eigenvalue weighted by atomic mass is 16.6. The molecule has 1 aromatic rings. The van der Waals surface area contributed by atoms with Crippen LogP contribution < -0.4 is 0 Å². The van der Waals surface area contributed by atoms with E-state index in [1.165, 1.54) is 20.8 Å². The van der Waals surface area contributed by atoms with Gasteiger partial charge in [0.05, 0.1) is 12.5 Å². The van der Waals surface area contributed by atoms with E-state index < -0.39 is 76.1 Å². The minimum atomic E-state index is -1.30. The molecule has 0 saturated heterocycles. The highest BCUT2D eigenvalue weighted by molar-refractivity contribution is 5.75. The summed E-state index contributed by atoms with van der Waals surface area (Å²) in [4.78, 5) is 51.7. The number of ether oxygens (including phenoxy) is 4. The Morgan fingerprint density at radius 3 is 1.96 bits per heavy atom. The minimum Gasteiger partial charge on any atom is -0.472 e.